The van der Waals surface area contributed by atoms with Gasteiger partial charge in [-0.25, -0.2) is 4.79 Å². The summed E-state index contributed by atoms with van der Waals surface area (Å²) in [6.07, 6.45) is 0. The molecule has 1 amide bonds. The zero-order chi connectivity index (χ0) is 18.4. The molecule has 0 bridgehead atoms. The highest BCUT2D eigenvalue weighted by Crippen LogP contribution is 2.36. The second-order valence-electron chi connectivity index (χ2n) is 5.27. The van der Waals surface area contributed by atoms with Crippen molar-refractivity contribution in [2.24, 2.45) is 4.99 Å². The molecule has 0 radical (unpaired) electrons. The van der Waals surface area contributed by atoms with E-state index in [2.05, 4.69) is 10.3 Å². The molecule has 0 atom stereocenters. The van der Waals surface area contributed by atoms with Crippen LogP contribution in [0.15, 0.2) is 40.7 Å². The molecule has 2 aromatic rings. The molecular formula is C18H18N2O3S3. The normalized spacial score (nSPS) is 13.3. The second-order valence-corrected chi connectivity index (χ2v) is 8.46. The van der Waals surface area contributed by atoms with Crippen LogP contribution in [0.1, 0.15) is 17.3 Å². The van der Waals surface area contributed by atoms with Crippen LogP contribution in [-0.2, 0) is 9.53 Å². The number of aliphatic imine (C=N–C) groups is 1. The van der Waals surface area contributed by atoms with Crippen molar-refractivity contribution < 1.29 is 14.3 Å². The maximum Gasteiger partial charge on any atom is 0.341 e. The highest BCUT2D eigenvalue weighted by Gasteiger charge is 2.23. The lowest BCUT2D eigenvalue weighted by Gasteiger charge is -2.08. The Labute approximate surface area is 164 Å². The van der Waals surface area contributed by atoms with Crippen LogP contribution in [0, 0.1) is 0 Å². The number of nitrogens with one attached hydrogen (secondary N) is 1. The molecule has 1 aromatic carbocycles. The quantitative estimate of drug-likeness (QED) is 0.722. The van der Waals surface area contributed by atoms with Crippen LogP contribution in [0.3, 0.4) is 0 Å². The van der Waals surface area contributed by atoms with Gasteiger partial charge in [0.15, 0.2) is 0 Å². The second kappa shape index (κ2) is 9.25. The van der Waals surface area contributed by atoms with Gasteiger partial charge < -0.3 is 10.1 Å². The number of nitrogens with zero attached hydrogens (tertiary/aromatic N) is 1. The standard InChI is InChI=1S/C18H18N2O3S3/c1-2-23-17(22)15-13(12-6-4-3-5-7-12)10-25-16(15)20-14(21)11-26-18-19-8-9-24-18/h3-7,10H,2,8-9,11H2,1H3,(H,20,21). The van der Waals surface area contributed by atoms with Crippen molar-refractivity contribution in [1.82, 2.24) is 0 Å². The van der Waals surface area contributed by atoms with E-state index in [1.165, 1.54) is 23.1 Å². The summed E-state index contributed by atoms with van der Waals surface area (Å²) in [6, 6.07) is 9.61. The van der Waals surface area contributed by atoms with E-state index in [1.807, 2.05) is 35.7 Å². The number of anilines is 1. The first kappa shape index (κ1) is 19.0. The van der Waals surface area contributed by atoms with Crippen LogP contribution in [0.2, 0.25) is 0 Å². The Morgan fingerprint density at radius 3 is 2.81 bits per heavy atom. The van der Waals surface area contributed by atoms with Crippen LogP contribution in [0.4, 0.5) is 5.00 Å². The van der Waals surface area contributed by atoms with Gasteiger partial charge in [0.05, 0.1) is 18.9 Å². The van der Waals surface area contributed by atoms with Gasteiger partial charge in [-0.3, -0.25) is 9.79 Å². The molecule has 2 heterocycles. The minimum absolute atomic E-state index is 0.155. The van der Waals surface area contributed by atoms with E-state index in [0.29, 0.717) is 10.6 Å². The van der Waals surface area contributed by atoms with Crippen LogP contribution in [-0.4, -0.2) is 40.9 Å². The first-order valence-corrected chi connectivity index (χ1v) is 11.0. The number of amides is 1. The number of thiophene rings is 1. The molecule has 136 valence electrons. The van der Waals surface area contributed by atoms with Crippen LogP contribution >= 0.6 is 34.9 Å². The number of esters is 1. The molecule has 0 saturated carbocycles. The number of rotatable bonds is 6. The van der Waals surface area contributed by atoms with Crippen LogP contribution < -0.4 is 5.32 Å². The van der Waals surface area contributed by atoms with Crippen LogP contribution in [0.25, 0.3) is 11.1 Å². The lowest BCUT2D eigenvalue weighted by molar-refractivity contribution is -0.113. The van der Waals surface area contributed by atoms with Crippen molar-refractivity contribution in [1.29, 1.82) is 0 Å². The predicted octanol–water partition coefficient (Wildman–Crippen LogP) is 4.37. The molecule has 3 rings (SSSR count). The number of carbonyl (C=O) groups excluding carboxylic acids is 2. The molecule has 8 heteroatoms. The summed E-state index contributed by atoms with van der Waals surface area (Å²) in [4.78, 5) is 29.1. The largest absolute Gasteiger partial charge is 0.462 e. The lowest BCUT2D eigenvalue weighted by atomic mass is 10.0. The molecule has 0 saturated heterocycles. The van der Waals surface area contributed by atoms with E-state index >= 15 is 0 Å². The number of hydrogen-bond donors (Lipinski definition) is 1. The highest BCUT2D eigenvalue weighted by molar-refractivity contribution is 8.39. The third-order valence-electron chi connectivity index (χ3n) is 3.49. The molecule has 1 aliphatic heterocycles. The smallest absolute Gasteiger partial charge is 0.341 e. The monoisotopic (exact) mass is 406 g/mol. The summed E-state index contributed by atoms with van der Waals surface area (Å²) in [6.45, 7) is 2.86. The minimum atomic E-state index is -0.425. The fraction of sp³-hybridized carbons (Fsp3) is 0.278. The van der Waals surface area contributed by atoms with Crippen molar-refractivity contribution in [3.63, 3.8) is 0 Å². The number of benzene rings is 1. The Balaban J connectivity index is 1.78. The van der Waals surface area contributed by atoms with Crippen molar-refractivity contribution in [2.45, 2.75) is 6.92 Å². The molecular weight excluding hydrogens is 388 g/mol. The number of carbonyl (C=O) groups is 2. The Kier molecular flexibility index (Phi) is 6.76. The Bertz CT molecular complexity index is 818. The van der Waals surface area contributed by atoms with Gasteiger partial charge in [-0.05, 0) is 12.5 Å². The summed E-state index contributed by atoms with van der Waals surface area (Å²) in [5.74, 6) is 0.665. The molecule has 0 aliphatic carbocycles. The molecule has 5 nitrogen and oxygen atoms in total. The summed E-state index contributed by atoms with van der Waals surface area (Å²) in [7, 11) is 0. The molecule has 1 aromatic heterocycles. The highest BCUT2D eigenvalue weighted by atomic mass is 32.2. The SMILES string of the molecule is CCOC(=O)c1c(-c2ccccc2)csc1NC(=O)CSC1=NCCS1. The fourth-order valence-corrected chi connectivity index (χ4v) is 5.16. The summed E-state index contributed by atoms with van der Waals surface area (Å²) in [5.41, 5.74) is 2.10. The van der Waals surface area contributed by atoms with E-state index in [-0.39, 0.29) is 18.3 Å². The lowest BCUT2D eigenvalue weighted by Crippen LogP contribution is -2.17. The molecule has 0 fully saturated rings. The first-order chi connectivity index (χ1) is 12.7. The third kappa shape index (κ3) is 4.69. The Hall–Kier alpha value is -1.77. The summed E-state index contributed by atoms with van der Waals surface area (Å²) >= 11 is 4.43. The molecule has 26 heavy (non-hydrogen) atoms. The van der Waals surface area contributed by atoms with Crippen LogP contribution in [0.5, 0.6) is 0 Å². The summed E-state index contributed by atoms with van der Waals surface area (Å²) in [5, 5.41) is 5.26. The molecule has 1 N–H and O–H groups in total. The average Bonchev–Trinajstić information content (AvgIpc) is 3.31. The van der Waals surface area contributed by atoms with E-state index in [0.717, 1.165) is 27.8 Å². The van der Waals surface area contributed by atoms with Gasteiger partial charge in [0.2, 0.25) is 5.91 Å². The van der Waals surface area contributed by atoms with Gasteiger partial charge >= 0.3 is 5.97 Å². The summed E-state index contributed by atoms with van der Waals surface area (Å²) < 4.78 is 6.15. The van der Waals surface area contributed by atoms with Gasteiger partial charge in [-0.1, -0.05) is 53.9 Å². The fourth-order valence-electron chi connectivity index (χ4n) is 2.38. The van der Waals surface area contributed by atoms with Gasteiger partial charge in [0.1, 0.15) is 14.9 Å². The molecule has 0 spiro atoms. The number of thioether (sulfide) groups is 2. The minimum Gasteiger partial charge on any atom is -0.462 e. The van der Waals surface area contributed by atoms with Gasteiger partial charge in [0, 0.05) is 16.7 Å². The molecule has 0 unspecified atom stereocenters. The van der Waals surface area contributed by atoms with Crippen molar-refractivity contribution >= 4 is 56.1 Å². The number of ether oxygens (including phenoxy) is 1. The zero-order valence-corrected chi connectivity index (χ0v) is 16.6. The predicted molar refractivity (Wildman–Crippen MR) is 112 cm³/mol. The maximum atomic E-state index is 12.5. The van der Waals surface area contributed by atoms with E-state index in [1.54, 1.807) is 18.7 Å². The van der Waals surface area contributed by atoms with Gasteiger partial charge in [0.25, 0.3) is 0 Å². The van der Waals surface area contributed by atoms with E-state index in [9.17, 15) is 9.59 Å². The number of hydrogen-bond acceptors (Lipinski definition) is 7. The molecule has 1 aliphatic rings. The van der Waals surface area contributed by atoms with Gasteiger partial charge in [-0.2, -0.15) is 0 Å². The third-order valence-corrected chi connectivity index (χ3v) is 6.64. The average molecular weight is 407 g/mol. The van der Waals surface area contributed by atoms with Crippen molar-refractivity contribution in [3.8, 4) is 11.1 Å². The van der Waals surface area contributed by atoms with E-state index in [4.69, 9.17) is 4.74 Å². The topological polar surface area (TPSA) is 67.8 Å². The van der Waals surface area contributed by atoms with Crippen molar-refractivity contribution in [3.05, 3.63) is 41.3 Å². The van der Waals surface area contributed by atoms with E-state index < -0.39 is 5.97 Å². The Morgan fingerprint density at radius 1 is 1.31 bits per heavy atom. The zero-order valence-electron chi connectivity index (χ0n) is 14.2. The van der Waals surface area contributed by atoms with Crippen molar-refractivity contribution in [2.75, 3.05) is 30.0 Å². The first-order valence-electron chi connectivity index (χ1n) is 8.13. The maximum absolute atomic E-state index is 12.5. The Morgan fingerprint density at radius 2 is 2.12 bits per heavy atom. The van der Waals surface area contributed by atoms with Gasteiger partial charge in [-0.15, -0.1) is 11.3 Å².